The maximum absolute atomic E-state index is 13.4. The molecule has 0 atom stereocenters. The van der Waals surface area contributed by atoms with Gasteiger partial charge < -0.3 is 4.74 Å². The van der Waals surface area contributed by atoms with Crippen LogP contribution < -0.4 is 0 Å². The third-order valence-electron chi connectivity index (χ3n) is 4.67. The van der Waals surface area contributed by atoms with Crippen molar-refractivity contribution in [2.75, 3.05) is 0 Å². The number of esters is 1. The van der Waals surface area contributed by atoms with Gasteiger partial charge in [-0.05, 0) is 73.5 Å². The van der Waals surface area contributed by atoms with Crippen LogP contribution in [0.3, 0.4) is 0 Å². The number of aromatic nitrogens is 1. The van der Waals surface area contributed by atoms with Crippen molar-refractivity contribution >= 4 is 27.6 Å². The number of rotatable bonds is 3. The van der Waals surface area contributed by atoms with Gasteiger partial charge in [-0.3, -0.25) is 4.79 Å². The smallest absolute Gasteiger partial charge is 0.310 e. The van der Waals surface area contributed by atoms with Crippen molar-refractivity contribution in [1.29, 1.82) is 0 Å². The van der Waals surface area contributed by atoms with Gasteiger partial charge in [0.2, 0.25) is 0 Å². The first-order valence-corrected chi connectivity index (χ1v) is 9.59. The van der Waals surface area contributed by atoms with E-state index in [1.54, 1.807) is 12.1 Å². The number of hydrogen-bond donors (Lipinski definition) is 0. The summed E-state index contributed by atoms with van der Waals surface area (Å²) in [5.41, 5.74) is 2.59. The Hall–Kier alpha value is -3.27. The van der Waals surface area contributed by atoms with E-state index in [-0.39, 0.29) is 18.2 Å². The second kappa shape index (κ2) is 7.28. The molecule has 4 heteroatoms. The van der Waals surface area contributed by atoms with Crippen LogP contribution in [0.25, 0.3) is 32.9 Å². The largest absolute Gasteiger partial charge is 0.460 e. The lowest BCUT2D eigenvalue weighted by Crippen LogP contribution is -2.25. The number of fused-ring (bicyclic) bond motifs is 3. The summed E-state index contributed by atoms with van der Waals surface area (Å²) in [6.45, 7) is 5.57. The zero-order valence-corrected chi connectivity index (χ0v) is 16.7. The SMILES string of the molecule is CC(C)(C)OC(=O)Cc1cc(-c2ccc(F)cc2)nc2ccc3ccccc3c12. The molecular weight excluding hydrogens is 365 g/mol. The molecule has 1 aromatic heterocycles. The average Bonchev–Trinajstić information content (AvgIpc) is 2.66. The first-order valence-electron chi connectivity index (χ1n) is 9.59. The van der Waals surface area contributed by atoms with Crippen molar-refractivity contribution in [3.8, 4) is 11.3 Å². The highest BCUT2D eigenvalue weighted by Crippen LogP contribution is 2.31. The van der Waals surface area contributed by atoms with Gasteiger partial charge in [0, 0.05) is 10.9 Å². The molecule has 0 bridgehead atoms. The molecular formula is C25H22FNO2. The molecule has 0 aliphatic heterocycles. The van der Waals surface area contributed by atoms with E-state index in [1.807, 2.05) is 63.2 Å². The van der Waals surface area contributed by atoms with Gasteiger partial charge in [-0.15, -0.1) is 0 Å². The number of benzene rings is 3. The Morgan fingerprint density at radius 1 is 1.00 bits per heavy atom. The lowest BCUT2D eigenvalue weighted by Gasteiger charge is -2.20. The average molecular weight is 387 g/mol. The van der Waals surface area contributed by atoms with Gasteiger partial charge in [0.15, 0.2) is 0 Å². The third-order valence-corrected chi connectivity index (χ3v) is 4.67. The molecule has 0 amide bonds. The van der Waals surface area contributed by atoms with Crippen LogP contribution in [-0.2, 0) is 16.0 Å². The Morgan fingerprint density at radius 2 is 1.72 bits per heavy atom. The lowest BCUT2D eigenvalue weighted by molar-refractivity contribution is -0.153. The van der Waals surface area contributed by atoms with Crippen LogP contribution in [0.2, 0.25) is 0 Å². The summed E-state index contributed by atoms with van der Waals surface area (Å²) in [6.07, 6.45) is 0.137. The number of nitrogens with zero attached hydrogens (tertiary/aromatic N) is 1. The molecule has 0 radical (unpaired) electrons. The second-order valence-corrected chi connectivity index (χ2v) is 8.12. The molecule has 0 saturated heterocycles. The first-order chi connectivity index (χ1) is 13.8. The highest BCUT2D eigenvalue weighted by molar-refractivity contribution is 6.09. The van der Waals surface area contributed by atoms with E-state index in [9.17, 15) is 9.18 Å². The fraction of sp³-hybridized carbons (Fsp3) is 0.200. The fourth-order valence-corrected chi connectivity index (χ4v) is 3.53. The van der Waals surface area contributed by atoms with Crippen LogP contribution in [0.1, 0.15) is 26.3 Å². The molecule has 0 aliphatic rings. The van der Waals surface area contributed by atoms with Crippen LogP contribution in [0.5, 0.6) is 0 Å². The first kappa shape index (κ1) is 19.1. The van der Waals surface area contributed by atoms with Crippen LogP contribution >= 0.6 is 0 Å². The van der Waals surface area contributed by atoms with Crippen molar-refractivity contribution in [1.82, 2.24) is 4.98 Å². The number of carbonyl (C=O) groups is 1. The number of carbonyl (C=O) groups excluding carboxylic acids is 1. The number of ether oxygens (including phenoxy) is 1. The van der Waals surface area contributed by atoms with Gasteiger partial charge in [0.25, 0.3) is 0 Å². The minimum atomic E-state index is -0.554. The zero-order valence-electron chi connectivity index (χ0n) is 16.7. The van der Waals surface area contributed by atoms with Gasteiger partial charge in [0.1, 0.15) is 11.4 Å². The van der Waals surface area contributed by atoms with Crippen molar-refractivity contribution in [3.05, 3.63) is 78.1 Å². The Kier molecular flexibility index (Phi) is 4.79. The zero-order chi connectivity index (χ0) is 20.6. The highest BCUT2D eigenvalue weighted by Gasteiger charge is 2.19. The second-order valence-electron chi connectivity index (χ2n) is 8.12. The third kappa shape index (κ3) is 4.11. The van der Waals surface area contributed by atoms with Crippen molar-refractivity contribution < 1.29 is 13.9 Å². The van der Waals surface area contributed by atoms with Crippen LogP contribution in [0.4, 0.5) is 4.39 Å². The number of pyridine rings is 1. The molecule has 0 N–H and O–H groups in total. The van der Waals surface area contributed by atoms with Gasteiger partial charge in [-0.1, -0.05) is 30.3 Å². The Balaban J connectivity index is 1.91. The van der Waals surface area contributed by atoms with Crippen molar-refractivity contribution in [2.24, 2.45) is 0 Å². The molecule has 4 aromatic rings. The molecule has 4 rings (SSSR count). The molecule has 0 unspecified atom stereocenters. The topological polar surface area (TPSA) is 39.2 Å². The van der Waals surface area contributed by atoms with Gasteiger partial charge in [0.05, 0.1) is 17.6 Å². The molecule has 0 fully saturated rings. The summed E-state index contributed by atoms with van der Waals surface area (Å²) in [5.74, 6) is -0.586. The summed E-state index contributed by atoms with van der Waals surface area (Å²) in [7, 11) is 0. The molecule has 3 nitrogen and oxygen atoms in total. The highest BCUT2D eigenvalue weighted by atomic mass is 19.1. The number of hydrogen-bond acceptors (Lipinski definition) is 3. The molecule has 29 heavy (non-hydrogen) atoms. The van der Waals surface area contributed by atoms with E-state index >= 15 is 0 Å². The summed E-state index contributed by atoms with van der Waals surface area (Å²) in [4.78, 5) is 17.4. The Bertz CT molecular complexity index is 1210. The molecule has 0 spiro atoms. The summed E-state index contributed by atoms with van der Waals surface area (Å²) in [6, 6.07) is 20.2. The molecule has 146 valence electrons. The van der Waals surface area contributed by atoms with Crippen molar-refractivity contribution in [3.63, 3.8) is 0 Å². The van der Waals surface area contributed by atoms with E-state index in [4.69, 9.17) is 9.72 Å². The van der Waals surface area contributed by atoms with Crippen LogP contribution in [-0.4, -0.2) is 16.6 Å². The normalized spacial score (nSPS) is 11.7. The van der Waals surface area contributed by atoms with Gasteiger partial charge in [-0.2, -0.15) is 0 Å². The van der Waals surface area contributed by atoms with Crippen molar-refractivity contribution in [2.45, 2.75) is 32.8 Å². The molecule has 3 aromatic carbocycles. The van der Waals surface area contributed by atoms with Gasteiger partial charge in [-0.25, -0.2) is 9.37 Å². The molecule has 0 aliphatic carbocycles. The van der Waals surface area contributed by atoms with E-state index in [0.29, 0.717) is 5.69 Å². The minimum Gasteiger partial charge on any atom is -0.460 e. The molecule has 1 heterocycles. The summed E-state index contributed by atoms with van der Waals surface area (Å²) >= 11 is 0. The fourth-order valence-electron chi connectivity index (χ4n) is 3.53. The quantitative estimate of drug-likeness (QED) is 0.316. The standard InChI is InChI=1S/C25H22FNO2/c1-25(2,3)29-23(28)15-18-14-22(17-8-11-19(26)12-9-17)27-21-13-10-16-6-4-5-7-20(16)24(18)21/h4-14H,15H2,1-3H3. The number of halogens is 1. The lowest BCUT2D eigenvalue weighted by atomic mass is 9.97. The van der Waals surface area contributed by atoms with E-state index in [0.717, 1.165) is 32.8 Å². The van der Waals surface area contributed by atoms with Gasteiger partial charge >= 0.3 is 5.97 Å². The van der Waals surface area contributed by atoms with E-state index in [1.165, 1.54) is 12.1 Å². The maximum Gasteiger partial charge on any atom is 0.310 e. The minimum absolute atomic E-state index is 0.137. The van der Waals surface area contributed by atoms with E-state index < -0.39 is 5.60 Å². The van der Waals surface area contributed by atoms with E-state index in [2.05, 4.69) is 0 Å². The predicted molar refractivity (Wildman–Crippen MR) is 114 cm³/mol. The van der Waals surface area contributed by atoms with Crippen LogP contribution in [0.15, 0.2) is 66.7 Å². The summed E-state index contributed by atoms with van der Waals surface area (Å²) < 4.78 is 18.9. The Labute approximate surface area is 169 Å². The summed E-state index contributed by atoms with van der Waals surface area (Å²) in [5, 5.41) is 3.07. The predicted octanol–water partition coefficient (Wildman–Crippen LogP) is 6.08. The Morgan fingerprint density at radius 3 is 2.45 bits per heavy atom. The monoisotopic (exact) mass is 387 g/mol. The maximum atomic E-state index is 13.4. The molecule has 0 saturated carbocycles. The van der Waals surface area contributed by atoms with Crippen LogP contribution in [0, 0.1) is 5.82 Å².